The zero-order valence-electron chi connectivity index (χ0n) is 12.7. The standard InChI is InChI=1S/C18H12N2O4/c1-20-17(22)11-6-4-7-12(15(11)18(20)23)19-16(21)14-9-10-5-2-3-8-13(10)24-14/h2-9H,1H3,(H,19,21). The molecule has 24 heavy (non-hydrogen) atoms. The van der Waals surface area contributed by atoms with Gasteiger partial charge in [-0.3, -0.25) is 19.3 Å². The van der Waals surface area contributed by atoms with E-state index in [0.717, 1.165) is 10.3 Å². The molecule has 1 aliphatic rings. The molecule has 2 heterocycles. The first kappa shape index (κ1) is 14.2. The number of nitrogens with one attached hydrogen (secondary N) is 1. The van der Waals surface area contributed by atoms with Crippen LogP contribution in [-0.2, 0) is 0 Å². The summed E-state index contributed by atoms with van der Waals surface area (Å²) in [4.78, 5) is 37.7. The Hall–Kier alpha value is -3.41. The fraction of sp³-hybridized carbons (Fsp3) is 0.0556. The number of anilines is 1. The summed E-state index contributed by atoms with van der Waals surface area (Å²) in [5, 5.41) is 3.47. The van der Waals surface area contributed by atoms with Crippen LogP contribution >= 0.6 is 0 Å². The van der Waals surface area contributed by atoms with Crippen molar-refractivity contribution in [3.05, 3.63) is 65.4 Å². The Morgan fingerprint density at radius 1 is 1.04 bits per heavy atom. The SMILES string of the molecule is CN1C(=O)c2cccc(NC(=O)c3cc4ccccc4o3)c2C1=O. The summed E-state index contributed by atoms with van der Waals surface area (Å²) in [5.74, 6) is -1.15. The molecule has 1 aliphatic heterocycles. The van der Waals surface area contributed by atoms with E-state index in [-0.39, 0.29) is 22.8 Å². The number of furan rings is 1. The van der Waals surface area contributed by atoms with Crippen LogP contribution in [0.4, 0.5) is 5.69 Å². The number of amides is 3. The normalized spacial score (nSPS) is 13.5. The molecule has 1 N–H and O–H groups in total. The smallest absolute Gasteiger partial charge is 0.291 e. The third-order valence-electron chi connectivity index (χ3n) is 4.02. The number of rotatable bonds is 2. The van der Waals surface area contributed by atoms with E-state index >= 15 is 0 Å². The molecule has 118 valence electrons. The van der Waals surface area contributed by atoms with E-state index in [2.05, 4.69) is 5.32 Å². The summed E-state index contributed by atoms with van der Waals surface area (Å²) in [6, 6.07) is 13.7. The van der Waals surface area contributed by atoms with Gasteiger partial charge in [0, 0.05) is 12.4 Å². The second-order valence-corrected chi connectivity index (χ2v) is 5.50. The predicted octanol–water partition coefficient (Wildman–Crippen LogP) is 2.91. The summed E-state index contributed by atoms with van der Waals surface area (Å²) in [6.45, 7) is 0. The summed E-state index contributed by atoms with van der Waals surface area (Å²) in [7, 11) is 1.41. The Labute approximate surface area is 136 Å². The first-order valence-electron chi connectivity index (χ1n) is 7.31. The van der Waals surface area contributed by atoms with Crippen LogP contribution in [0.1, 0.15) is 31.3 Å². The van der Waals surface area contributed by atoms with Gasteiger partial charge in [0.05, 0.1) is 16.8 Å². The molecule has 0 unspecified atom stereocenters. The fourth-order valence-electron chi connectivity index (χ4n) is 2.78. The van der Waals surface area contributed by atoms with Gasteiger partial charge in [-0.2, -0.15) is 0 Å². The van der Waals surface area contributed by atoms with Crippen molar-refractivity contribution in [3.8, 4) is 0 Å². The average molecular weight is 320 g/mol. The van der Waals surface area contributed by atoms with Gasteiger partial charge in [0.2, 0.25) is 0 Å². The molecule has 0 aliphatic carbocycles. The monoisotopic (exact) mass is 320 g/mol. The number of carbonyl (C=O) groups excluding carboxylic acids is 3. The van der Waals surface area contributed by atoms with Gasteiger partial charge in [-0.15, -0.1) is 0 Å². The molecule has 0 bridgehead atoms. The Bertz CT molecular complexity index is 986. The summed E-state index contributed by atoms with van der Waals surface area (Å²) >= 11 is 0. The molecule has 2 aromatic carbocycles. The van der Waals surface area contributed by atoms with Crippen LogP contribution in [0.2, 0.25) is 0 Å². The molecule has 1 aromatic heterocycles. The van der Waals surface area contributed by atoms with Gasteiger partial charge in [-0.05, 0) is 24.3 Å². The predicted molar refractivity (Wildman–Crippen MR) is 87.0 cm³/mol. The van der Waals surface area contributed by atoms with Crippen LogP contribution in [0, 0.1) is 0 Å². The van der Waals surface area contributed by atoms with Crippen molar-refractivity contribution in [2.75, 3.05) is 12.4 Å². The van der Waals surface area contributed by atoms with E-state index in [1.54, 1.807) is 30.3 Å². The maximum Gasteiger partial charge on any atom is 0.291 e. The fourth-order valence-corrected chi connectivity index (χ4v) is 2.78. The van der Waals surface area contributed by atoms with Gasteiger partial charge >= 0.3 is 0 Å². The first-order chi connectivity index (χ1) is 11.6. The van der Waals surface area contributed by atoms with Crippen LogP contribution in [0.5, 0.6) is 0 Å². The second-order valence-electron chi connectivity index (χ2n) is 5.50. The van der Waals surface area contributed by atoms with E-state index in [1.807, 2.05) is 18.2 Å². The van der Waals surface area contributed by atoms with Crippen LogP contribution in [0.3, 0.4) is 0 Å². The lowest BCUT2D eigenvalue weighted by atomic mass is 10.1. The van der Waals surface area contributed by atoms with Crippen molar-refractivity contribution in [3.63, 3.8) is 0 Å². The van der Waals surface area contributed by atoms with Gasteiger partial charge in [0.1, 0.15) is 5.58 Å². The molecule has 0 atom stereocenters. The minimum absolute atomic E-state index is 0.138. The molecule has 0 spiro atoms. The number of benzene rings is 2. The third kappa shape index (κ3) is 2.00. The largest absolute Gasteiger partial charge is 0.451 e. The molecule has 3 aromatic rings. The summed E-state index contributed by atoms with van der Waals surface area (Å²) in [6.07, 6.45) is 0. The van der Waals surface area contributed by atoms with E-state index in [9.17, 15) is 14.4 Å². The van der Waals surface area contributed by atoms with Crippen LogP contribution in [0.15, 0.2) is 52.9 Å². The highest BCUT2D eigenvalue weighted by atomic mass is 16.3. The highest BCUT2D eigenvalue weighted by molar-refractivity contribution is 6.24. The average Bonchev–Trinajstić information content (AvgIpc) is 3.12. The summed E-state index contributed by atoms with van der Waals surface area (Å²) < 4.78 is 5.52. The highest BCUT2D eigenvalue weighted by Crippen LogP contribution is 2.29. The lowest BCUT2D eigenvalue weighted by molar-refractivity contribution is 0.0693. The van der Waals surface area contributed by atoms with Crippen molar-refractivity contribution in [2.24, 2.45) is 0 Å². The van der Waals surface area contributed by atoms with Crippen LogP contribution in [0.25, 0.3) is 11.0 Å². The third-order valence-corrected chi connectivity index (χ3v) is 4.02. The van der Waals surface area contributed by atoms with Gasteiger partial charge in [-0.25, -0.2) is 0 Å². The Kier molecular flexibility index (Phi) is 2.99. The van der Waals surface area contributed by atoms with Crippen LogP contribution < -0.4 is 5.32 Å². The number of imide groups is 1. The van der Waals surface area contributed by atoms with Crippen molar-refractivity contribution in [2.45, 2.75) is 0 Å². The summed E-state index contributed by atoms with van der Waals surface area (Å²) in [5.41, 5.74) is 1.38. The first-order valence-corrected chi connectivity index (χ1v) is 7.31. The van der Waals surface area contributed by atoms with Gasteiger partial charge in [0.15, 0.2) is 5.76 Å². The molecule has 4 rings (SSSR count). The van der Waals surface area contributed by atoms with Gasteiger partial charge in [0.25, 0.3) is 17.7 Å². The minimum atomic E-state index is -0.477. The van der Waals surface area contributed by atoms with Gasteiger partial charge < -0.3 is 9.73 Å². The highest BCUT2D eigenvalue weighted by Gasteiger charge is 2.35. The van der Waals surface area contributed by atoms with Crippen LogP contribution in [-0.4, -0.2) is 29.7 Å². The van der Waals surface area contributed by atoms with E-state index in [0.29, 0.717) is 11.3 Å². The molecule has 6 heteroatoms. The number of fused-ring (bicyclic) bond motifs is 2. The molecular formula is C18H12N2O4. The molecule has 0 radical (unpaired) electrons. The lowest BCUT2D eigenvalue weighted by Crippen LogP contribution is -2.24. The van der Waals surface area contributed by atoms with E-state index in [4.69, 9.17) is 4.42 Å². The second kappa shape index (κ2) is 5.06. The Morgan fingerprint density at radius 3 is 2.62 bits per heavy atom. The maximum absolute atomic E-state index is 12.4. The number of hydrogen-bond acceptors (Lipinski definition) is 4. The number of carbonyl (C=O) groups is 3. The zero-order valence-corrected chi connectivity index (χ0v) is 12.7. The molecule has 3 amide bonds. The van der Waals surface area contributed by atoms with Crippen molar-refractivity contribution in [1.29, 1.82) is 0 Å². The molecule has 0 fully saturated rings. The van der Waals surface area contributed by atoms with E-state index in [1.165, 1.54) is 7.05 Å². The molecular weight excluding hydrogens is 308 g/mol. The quantitative estimate of drug-likeness (QED) is 0.736. The van der Waals surface area contributed by atoms with Crippen molar-refractivity contribution < 1.29 is 18.8 Å². The maximum atomic E-state index is 12.4. The molecule has 0 saturated carbocycles. The van der Waals surface area contributed by atoms with Gasteiger partial charge in [-0.1, -0.05) is 24.3 Å². The Morgan fingerprint density at radius 2 is 1.83 bits per heavy atom. The lowest BCUT2D eigenvalue weighted by Gasteiger charge is -2.07. The van der Waals surface area contributed by atoms with Crippen molar-refractivity contribution >= 4 is 34.4 Å². The van der Waals surface area contributed by atoms with E-state index < -0.39 is 11.8 Å². The van der Waals surface area contributed by atoms with Crippen molar-refractivity contribution in [1.82, 2.24) is 4.90 Å². The number of hydrogen-bond donors (Lipinski definition) is 1. The number of nitrogens with zero attached hydrogens (tertiary/aromatic N) is 1. The molecule has 6 nitrogen and oxygen atoms in total. The zero-order chi connectivity index (χ0) is 16.8. The Balaban J connectivity index is 1.70. The topological polar surface area (TPSA) is 79.6 Å². The number of para-hydroxylation sites is 1. The molecule has 0 saturated heterocycles. The minimum Gasteiger partial charge on any atom is -0.451 e.